The maximum Gasteiger partial charge on any atom is 0.251 e. The summed E-state index contributed by atoms with van der Waals surface area (Å²) in [7, 11) is 0. The highest BCUT2D eigenvalue weighted by Crippen LogP contribution is 2.31. The van der Waals surface area contributed by atoms with E-state index in [4.69, 9.17) is 5.73 Å². The van der Waals surface area contributed by atoms with Gasteiger partial charge in [0.25, 0.3) is 5.91 Å². The fourth-order valence-corrected chi connectivity index (χ4v) is 4.79. The summed E-state index contributed by atoms with van der Waals surface area (Å²) >= 11 is 0. The highest BCUT2D eigenvalue weighted by molar-refractivity contribution is 6.02. The third-order valence-electron chi connectivity index (χ3n) is 6.56. The number of nitrogens with two attached hydrogens (primary N) is 1. The molecule has 0 spiro atoms. The van der Waals surface area contributed by atoms with Crippen molar-refractivity contribution in [1.82, 2.24) is 10.3 Å². The van der Waals surface area contributed by atoms with Crippen molar-refractivity contribution < 1.29 is 23.2 Å². The molecule has 4 aromatic rings. The molecule has 1 aromatic heterocycles. The fraction of sp³-hybridized carbons (Fsp3) is 0.133. The van der Waals surface area contributed by atoms with Gasteiger partial charge in [-0.25, -0.2) is 8.78 Å². The number of aromatic nitrogens is 1. The second-order valence-corrected chi connectivity index (χ2v) is 9.37. The molecule has 40 heavy (non-hydrogen) atoms. The first-order valence-electron chi connectivity index (χ1n) is 12.5. The molecule has 0 radical (unpaired) electrons. The van der Waals surface area contributed by atoms with Crippen LogP contribution >= 0.6 is 0 Å². The van der Waals surface area contributed by atoms with Crippen LogP contribution in [0.5, 0.6) is 0 Å². The zero-order valence-electron chi connectivity index (χ0n) is 21.2. The number of amides is 3. The largest absolute Gasteiger partial charge is 0.366 e. The molecule has 3 amide bonds. The molecule has 8 nitrogen and oxygen atoms in total. The molecule has 1 atom stereocenters. The number of hydrogen-bond donors (Lipinski definition) is 3. The van der Waals surface area contributed by atoms with Crippen LogP contribution in [0, 0.1) is 11.6 Å². The lowest BCUT2D eigenvalue weighted by Crippen LogP contribution is -2.45. The van der Waals surface area contributed by atoms with Crippen molar-refractivity contribution in [2.45, 2.75) is 12.5 Å². The van der Waals surface area contributed by atoms with Crippen molar-refractivity contribution in [2.75, 3.05) is 23.3 Å². The predicted octanol–water partition coefficient (Wildman–Crippen LogP) is 3.98. The number of halogens is 2. The predicted molar refractivity (Wildman–Crippen MR) is 146 cm³/mol. The van der Waals surface area contributed by atoms with Crippen molar-refractivity contribution in [2.24, 2.45) is 5.73 Å². The van der Waals surface area contributed by atoms with Crippen molar-refractivity contribution in [3.05, 3.63) is 114 Å². The fourth-order valence-electron chi connectivity index (χ4n) is 4.79. The van der Waals surface area contributed by atoms with E-state index < -0.39 is 23.6 Å². The normalized spacial score (nSPS) is 13.2. The summed E-state index contributed by atoms with van der Waals surface area (Å²) in [4.78, 5) is 43.6. The summed E-state index contributed by atoms with van der Waals surface area (Å²) in [5.41, 5.74) is 8.44. The minimum absolute atomic E-state index is 0.000687. The average molecular weight is 542 g/mol. The lowest BCUT2D eigenvalue weighted by atomic mass is 9.94. The van der Waals surface area contributed by atoms with Crippen LogP contribution in [-0.4, -0.2) is 35.8 Å². The molecule has 1 aliphatic heterocycles. The van der Waals surface area contributed by atoms with Gasteiger partial charge < -0.3 is 21.3 Å². The number of fused-ring (bicyclic) bond motifs is 1. The van der Waals surface area contributed by atoms with Gasteiger partial charge in [0.1, 0.15) is 11.6 Å². The number of benzene rings is 3. The summed E-state index contributed by atoms with van der Waals surface area (Å²) in [6, 6.07) is 19.8. The van der Waals surface area contributed by atoms with E-state index in [9.17, 15) is 23.2 Å². The number of nitrogens with one attached hydrogen (secondary N) is 2. The molecule has 0 saturated heterocycles. The molecule has 5 rings (SSSR count). The van der Waals surface area contributed by atoms with E-state index in [1.54, 1.807) is 47.5 Å². The van der Waals surface area contributed by atoms with Gasteiger partial charge in [0.15, 0.2) is 0 Å². The van der Waals surface area contributed by atoms with Gasteiger partial charge in [0.05, 0.1) is 41.8 Å². The lowest BCUT2D eigenvalue weighted by Gasteiger charge is -2.31. The van der Waals surface area contributed by atoms with Gasteiger partial charge in [-0.15, -0.1) is 0 Å². The summed E-state index contributed by atoms with van der Waals surface area (Å²) in [6.45, 7) is -0.117. The first-order chi connectivity index (χ1) is 19.3. The van der Waals surface area contributed by atoms with Crippen LogP contribution in [0.15, 0.2) is 85.1 Å². The Labute approximate surface area is 228 Å². The highest BCUT2D eigenvalue weighted by Gasteiger charge is 2.26. The lowest BCUT2D eigenvalue weighted by molar-refractivity contribution is -0.120. The summed E-state index contributed by atoms with van der Waals surface area (Å²) in [5, 5.41) is 5.78. The number of anilines is 2. The number of pyridine rings is 1. The zero-order valence-corrected chi connectivity index (χ0v) is 21.2. The average Bonchev–Trinajstić information content (AvgIpc) is 2.93. The molecule has 4 N–H and O–H groups in total. The molecule has 0 fully saturated rings. The van der Waals surface area contributed by atoms with Crippen LogP contribution in [0.4, 0.5) is 20.2 Å². The molecule has 1 aliphatic rings. The SMILES string of the molecule is NC(=O)c1cc(-c2cccnc2C(Cc2cccc(F)c2)NC(=O)CN2CC(=O)Nc3ccccc32)ccc1F. The number of hydrogen-bond acceptors (Lipinski definition) is 5. The Morgan fingerprint density at radius 3 is 2.65 bits per heavy atom. The van der Waals surface area contributed by atoms with E-state index in [0.717, 1.165) is 6.07 Å². The maximum atomic E-state index is 14.2. The number of rotatable bonds is 8. The number of nitrogens with zero attached hydrogens (tertiary/aromatic N) is 2. The van der Waals surface area contributed by atoms with Crippen LogP contribution in [0.1, 0.15) is 27.7 Å². The second-order valence-electron chi connectivity index (χ2n) is 9.37. The summed E-state index contributed by atoms with van der Waals surface area (Å²) < 4.78 is 28.3. The van der Waals surface area contributed by atoms with Gasteiger partial charge in [-0.2, -0.15) is 0 Å². The van der Waals surface area contributed by atoms with Gasteiger partial charge >= 0.3 is 0 Å². The van der Waals surface area contributed by atoms with Crippen LogP contribution in [-0.2, 0) is 16.0 Å². The Kier molecular flexibility index (Phi) is 7.50. The number of para-hydroxylation sites is 2. The molecule has 3 aromatic carbocycles. The molecular formula is C30H25F2N5O3. The molecule has 1 unspecified atom stereocenters. The summed E-state index contributed by atoms with van der Waals surface area (Å²) in [6.07, 6.45) is 1.74. The third-order valence-corrected chi connectivity index (χ3v) is 6.56. The maximum absolute atomic E-state index is 14.2. The molecule has 0 bridgehead atoms. The third kappa shape index (κ3) is 5.80. The van der Waals surface area contributed by atoms with E-state index in [0.29, 0.717) is 33.8 Å². The van der Waals surface area contributed by atoms with Crippen molar-refractivity contribution in [3.8, 4) is 11.1 Å². The first kappa shape index (κ1) is 26.5. The Morgan fingerprint density at radius 1 is 1.02 bits per heavy atom. The molecule has 0 saturated carbocycles. The highest BCUT2D eigenvalue weighted by atomic mass is 19.1. The topological polar surface area (TPSA) is 117 Å². The Balaban J connectivity index is 1.49. The van der Waals surface area contributed by atoms with Crippen LogP contribution < -0.4 is 21.3 Å². The quantitative estimate of drug-likeness (QED) is 0.312. The van der Waals surface area contributed by atoms with E-state index in [-0.39, 0.29) is 36.9 Å². The van der Waals surface area contributed by atoms with E-state index in [1.165, 1.54) is 24.3 Å². The van der Waals surface area contributed by atoms with E-state index in [1.807, 2.05) is 12.1 Å². The van der Waals surface area contributed by atoms with Gasteiger partial charge in [-0.3, -0.25) is 19.4 Å². The Bertz CT molecular complexity index is 1610. The smallest absolute Gasteiger partial charge is 0.251 e. The number of carbonyl (C=O) groups is 3. The number of carbonyl (C=O) groups excluding carboxylic acids is 3. The first-order valence-corrected chi connectivity index (χ1v) is 12.5. The molecule has 0 aliphatic carbocycles. The summed E-state index contributed by atoms with van der Waals surface area (Å²) in [5.74, 6) is -2.72. The Hall–Kier alpha value is -5.12. The minimum Gasteiger partial charge on any atom is -0.366 e. The Morgan fingerprint density at radius 2 is 1.85 bits per heavy atom. The van der Waals surface area contributed by atoms with Crippen LogP contribution in [0.3, 0.4) is 0 Å². The van der Waals surface area contributed by atoms with Gasteiger partial charge in [0, 0.05) is 11.8 Å². The molecule has 2 heterocycles. The van der Waals surface area contributed by atoms with Gasteiger partial charge in [-0.05, 0) is 60.0 Å². The van der Waals surface area contributed by atoms with E-state index >= 15 is 0 Å². The van der Waals surface area contributed by atoms with Crippen LogP contribution in [0.25, 0.3) is 11.1 Å². The standard InChI is InChI=1S/C30H25F2N5O3/c31-20-6-3-5-18(13-20)14-25(36-28(39)17-37-16-27(38)35-24-8-1-2-9-26(24)37)29-21(7-4-12-34-29)19-10-11-23(32)22(15-19)30(33)40/h1-13,15,25H,14,16-17H2,(H2,33,40)(H,35,38)(H,36,39). The second kappa shape index (κ2) is 11.3. The van der Waals surface area contributed by atoms with Crippen LogP contribution in [0.2, 0.25) is 0 Å². The van der Waals surface area contributed by atoms with E-state index in [2.05, 4.69) is 15.6 Å². The molecule has 202 valence electrons. The van der Waals surface area contributed by atoms with Gasteiger partial charge in [-0.1, -0.05) is 36.4 Å². The van der Waals surface area contributed by atoms with Gasteiger partial charge in [0.2, 0.25) is 11.8 Å². The molecular weight excluding hydrogens is 516 g/mol. The number of primary amides is 1. The molecule has 10 heteroatoms. The van der Waals surface area contributed by atoms with Crippen molar-refractivity contribution in [1.29, 1.82) is 0 Å². The monoisotopic (exact) mass is 541 g/mol. The minimum atomic E-state index is -0.916. The van der Waals surface area contributed by atoms with Crippen molar-refractivity contribution >= 4 is 29.1 Å². The van der Waals surface area contributed by atoms with Crippen molar-refractivity contribution in [3.63, 3.8) is 0 Å². The zero-order chi connectivity index (χ0) is 28.2.